The topological polar surface area (TPSA) is 21.3 Å². The highest BCUT2D eigenvalue weighted by Crippen LogP contribution is 2.26. The number of aryl methyl sites for hydroxylation is 2. The molecule has 2 rings (SSSR count). The van der Waals surface area contributed by atoms with Crippen LogP contribution in [0.1, 0.15) is 16.7 Å². The minimum Gasteiger partial charge on any atom is -0.495 e. The molecule has 0 aromatic heterocycles. The zero-order valence-electron chi connectivity index (χ0n) is 11.5. The number of benzene rings is 2. The van der Waals surface area contributed by atoms with E-state index < -0.39 is 0 Å². The van der Waals surface area contributed by atoms with Crippen LogP contribution in [0.3, 0.4) is 0 Å². The number of hydrogen-bond donors (Lipinski definition) is 1. The average Bonchev–Trinajstić information content (AvgIpc) is 2.40. The lowest BCUT2D eigenvalue weighted by Crippen LogP contribution is -2.02. The third-order valence-corrected chi connectivity index (χ3v) is 3.93. The van der Waals surface area contributed by atoms with Gasteiger partial charge in [0.15, 0.2) is 0 Å². The van der Waals surface area contributed by atoms with Gasteiger partial charge in [0.2, 0.25) is 0 Å². The van der Waals surface area contributed by atoms with Gasteiger partial charge in [0.05, 0.1) is 12.8 Å². The number of ether oxygens (including phenoxy) is 1. The predicted octanol–water partition coefficient (Wildman–Crippen LogP) is 4.69. The van der Waals surface area contributed by atoms with Gasteiger partial charge in [0.1, 0.15) is 5.75 Å². The standard InChI is InChI=1S/C16H18BrNO/c1-11-4-7-16(19-3)15(8-11)18-10-13-6-5-12(2)14(17)9-13/h4-9,18H,10H2,1-3H3. The summed E-state index contributed by atoms with van der Waals surface area (Å²) in [5.41, 5.74) is 4.73. The molecule has 2 aromatic carbocycles. The molecule has 0 bridgehead atoms. The summed E-state index contributed by atoms with van der Waals surface area (Å²) in [6.45, 7) is 4.94. The molecule has 0 heterocycles. The molecular weight excluding hydrogens is 302 g/mol. The fourth-order valence-corrected chi connectivity index (χ4v) is 2.33. The second kappa shape index (κ2) is 6.11. The molecule has 0 aliphatic heterocycles. The van der Waals surface area contributed by atoms with Crippen LogP contribution in [0.4, 0.5) is 5.69 Å². The van der Waals surface area contributed by atoms with E-state index in [1.807, 2.05) is 12.1 Å². The minimum absolute atomic E-state index is 0.776. The molecule has 0 unspecified atom stereocenters. The molecule has 1 N–H and O–H groups in total. The Kier molecular flexibility index (Phi) is 4.48. The van der Waals surface area contributed by atoms with E-state index in [-0.39, 0.29) is 0 Å². The first kappa shape index (κ1) is 13.9. The first-order valence-electron chi connectivity index (χ1n) is 6.23. The molecule has 0 atom stereocenters. The van der Waals surface area contributed by atoms with Crippen LogP contribution in [-0.4, -0.2) is 7.11 Å². The van der Waals surface area contributed by atoms with Crippen LogP contribution in [0.15, 0.2) is 40.9 Å². The van der Waals surface area contributed by atoms with E-state index in [2.05, 4.69) is 59.4 Å². The number of anilines is 1. The van der Waals surface area contributed by atoms with Crippen molar-refractivity contribution in [2.45, 2.75) is 20.4 Å². The van der Waals surface area contributed by atoms with Gasteiger partial charge >= 0.3 is 0 Å². The van der Waals surface area contributed by atoms with Crippen LogP contribution in [0.25, 0.3) is 0 Å². The largest absolute Gasteiger partial charge is 0.495 e. The van der Waals surface area contributed by atoms with Crippen LogP contribution in [0, 0.1) is 13.8 Å². The summed E-state index contributed by atoms with van der Waals surface area (Å²) in [5.74, 6) is 0.872. The van der Waals surface area contributed by atoms with Gasteiger partial charge in [-0.25, -0.2) is 0 Å². The molecule has 0 aliphatic carbocycles. The van der Waals surface area contributed by atoms with Crippen molar-refractivity contribution in [3.63, 3.8) is 0 Å². The van der Waals surface area contributed by atoms with E-state index in [0.717, 1.165) is 22.5 Å². The molecule has 0 spiro atoms. The van der Waals surface area contributed by atoms with Crippen molar-refractivity contribution in [1.29, 1.82) is 0 Å². The zero-order chi connectivity index (χ0) is 13.8. The van der Waals surface area contributed by atoms with Gasteiger partial charge < -0.3 is 10.1 Å². The fourth-order valence-electron chi connectivity index (χ4n) is 1.90. The second-order valence-corrected chi connectivity index (χ2v) is 5.50. The maximum Gasteiger partial charge on any atom is 0.141 e. The van der Waals surface area contributed by atoms with Crippen molar-refractivity contribution in [2.24, 2.45) is 0 Å². The molecule has 0 fully saturated rings. The Morgan fingerprint density at radius 1 is 1.11 bits per heavy atom. The van der Waals surface area contributed by atoms with E-state index in [9.17, 15) is 0 Å². The van der Waals surface area contributed by atoms with Crippen molar-refractivity contribution < 1.29 is 4.74 Å². The molecule has 100 valence electrons. The molecule has 0 radical (unpaired) electrons. The number of rotatable bonds is 4. The predicted molar refractivity (Wildman–Crippen MR) is 83.9 cm³/mol. The Labute approximate surface area is 122 Å². The summed E-state index contributed by atoms with van der Waals surface area (Å²) in [6, 6.07) is 12.5. The van der Waals surface area contributed by atoms with Gasteiger partial charge in [-0.2, -0.15) is 0 Å². The fraction of sp³-hybridized carbons (Fsp3) is 0.250. The summed E-state index contributed by atoms with van der Waals surface area (Å²) < 4.78 is 6.50. The van der Waals surface area contributed by atoms with Crippen molar-refractivity contribution >= 4 is 21.6 Å². The highest BCUT2D eigenvalue weighted by atomic mass is 79.9. The summed E-state index contributed by atoms with van der Waals surface area (Å²) >= 11 is 3.56. The van der Waals surface area contributed by atoms with Gasteiger partial charge in [-0.05, 0) is 48.7 Å². The maximum atomic E-state index is 5.36. The van der Waals surface area contributed by atoms with Crippen LogP contribution in [-0.2, 0) is 6.54 Å². The Hall–Kier alpha value is -1.48. The first-order chi connectivity index (χ1) is 9.10. The molecule has 0 aliphatic rings. The third kappa shape index (κ3) is 3.51. The molecule has 2 nitrogen and oxygen atoms in total. The molecule has 0 saturated carbocycles. The van der Waals surface area contributed by atoms with Crippen molar-refractivity contribution in [3.05, 3.63) is 57.6 Å². The van der Waals surface area contributed by atoms with Crippen molar-refractivity contribution in [2.75, 3.05) is 12.4 Å². The SMILES string of the molecule is COc1ccc(C)cc1NCc1ccc(C)c(Br)c1. The third-order valence-electron chi connectivity index (χ3n) is 3.07. The Balaban J connectivity index is 2.13. The van der Waals surface area contributed by atoms with Crippen molar-refractivity contribution in [3.8, 4) is 5.75 Å². The lowest BCUT2D eigenvalue weighted by Gasteiger charge is -2.12. The molecule has 2 aromatic rings. The first-order valence-corrected chi connectivity index (χ1v) is 7.03. The minimum atomic E-state index is 0.776. The Morgan fingerprint density at radius 2 is 1.89 bits per heavy atom. The summed E-state index contributed by atoms with van der Waals surface area (Å²) in [4.78, 5) is 0. The van der Waals surface area contributed by atoms with Crippen LogP contribution < -0.4 is 10.1 Å². The van der Waals surface area contributed by atoms with E-state index in [1.165, 1.54) is 16.7 Å². The van der Waals surface area contributed by atoms with Gasteiger partial charge in [-0.1, -0.05) is 34.1 Å². The lowest BCUT2D eigenvalue weighted by molar-refractivity contribution is 0.416. The number of halogens is 1. The normalized spacial score (nSPS) is 10.3. The summed E-state index contributed by atoms with van der Waals surface area (Å²) in [5, 5.41) is 3.42. The van der Waals surface area contributed by atoms with E-state index >= 15 is 0 Å². The second-order valence-electron chi connectivity index (χ2n) is 4.64. The number of nitrogens with one attached hydrogen (secondary N) is 1. The molecule has 19 heavy (non-hydrogen) atoms. The van der Waals surface area contributed by atoms with Crippen molar-refractivity contribution in [1.82, 2.24) is 0 Å². The van der Waals surface area contributed by atoms with Gasteiger partial charge in [0, 0.05) is 11.0 Å². The van der Waals surface area contributed by atoms with E-state index in [0.29, 0.717) is 0 Å². The Bertz CT molecular complexity index is 581. The maximum absolute atomic E-state index is 5.36. The highest BCUT2D eigenvalue weighted by Gasteiger charge is 2.03. The van der Waals surface area contributed by atoms with Gasteiger partial charge in [-0.3, -0.25) is 0 Å². The number of methoxy groups -OCH3 is 1. The molecular formula is C16H18BrNO. The van der Waals surface area contributed by atoms with Crippen LogP contribution in [0.2, 0.25) is 0 Å². The smallest absolute Gasteiger partial charge is 0.141 e. The molecule has 3 heteroatoms. The van der Waals surface area contributed by atoms with E-state index in [4.69, 9.17) is 4.74 Å². The quantitative estimate of drug-likeness (QED) is 0.883. The van der Waals surface area contributed by atoms with Gasteiger partial charge in [0.25, 0.3) is 0 Å². The highest BCUT2D eigenvalue weighted by molar-refractivity contribution is 9.10. The van der Waals surface area contributed by atoms with Crippen LogP contribution >= 0.6 is 15.9 Å². The summed E-state index contributed by atoms with van der Waals surface area (Å²) in [6.07, 6.45) is 0. The number of hydrogen-bond acceptors (Lipinski definition) is 2. The summed E-state index contributed by atoms with van der Waals surface area (Å²) in [7, 11) is 1.69. The Morgan fingerprint density at radius 3 is 2.58 bits per heavy atom. The monoisotopic (exact) mass is 319 g/mol. The zero-order valence-corrected chi connectivity index (χ0v) is 13.0. The molecule has 0 amide bonds. The van der Waals surface area contributed by atoms with Crippen LogP contribution in [0.5, 0.6) is 5.75 Å². The van der Waals surface area contributed by atoms with Gasteiger partial charge in [-0.15, -0.1) is 0 Å². The van der Waals surface area contributed by atoms with E-state index in [1.54, 1.807) is 7.11 Å². The molecule has 0 saturated heterocycles. The lowest BCUT2D eigenvalue weighted by atomic mass is 10.1. The average molecular weight is 320 g/mol.